The molecule has 0 radical (unpaired) electrons. The summed E-state index contributed by atoms with van der Waals surface area (Å²) < 4.78 is 11.8. The summed E-state index contributed by atoms with van der Waals surface area (Å²) in [7, 11) is 0. The fourth-order valence-corrected chi connectivity index (χ4v) is 4.61. The number of ketones is 1. The van der Waals surface area contributed by atoms with Crippen LogP contribution in [0.25, 0.3) is 10.9 Å². The second-order valence-electron chi connectivity index (χ2n) is 9.43. The minimum absolute atomic E-state index is 0.100. The fourth-order valence-electron chi connectivity index (χ4n) is 4.61. The summed E-state index contributed by atoms with van der Waals surface area (Å²) in [6.07, 6.45) is 3.96. The minimum Gasteiger partial charge on any atom is -0.488 e. The Kier molecular flexibility index (Phi) is 7.11. The number of ether oxygens (including phenoxy) is 2. The monoisotopic (exact) mass is 475 g/mol. The molecule has 2 aliphatic rings. The van der Waals surface area contributed by atoms with E-state index in [1.807, 2.05) is 56.4 Å². The summed E-state index contributed by atoms with van der Waals surface area (Å²) >= 11 is 0. The zero-order chi connectivity index (χ0) is 24.2. The van der Waals surface area contributed by atoms with Gasteiger partial charge in [-0.05, 0) is 50.2 Å². The number of hydrogen-bond acceptors (Lipinski definition) is 8. The number of carbonyl (C=O) groups is 1. The van der Waals surface area contributed by atoms with Crippen molar-refractivity contribution in [3.05, 3.63) is 48.2 Å². The number of hydrogen-bond donors (Lipinski definition) is 2. The number of Topliss-reactive ketones (excluding diaryl/α,β-unsaturated/α-hetero) is 1. The largest absolute Gasteiger partial charge is 0.488 e. The summed E-state index contributed by atoms with van der Waals surface area (Å²) in [5.74, 6) is 1.27. The van der Waals surface area contributed by atoms with Crippen LogP contribution in [-0.4, -0.2) is 61.2 Å². The number of rotatable bonds is 7. The van der Waals surface area contributed by atoms with Crippen LogP contribution in [0, 0.1) is 5.92 Å². The van der Waals surface area contributed by atoms with E-state index in [-0.39, 0.29) is 17.8 Å². The van der Waals surface area contributed by atoms with Crippen molar-refractivity contribution in [3.8, 4) is 5.75 Å². The van der Waals surface area contributed by atoms with E-state index in [1.54, 1.807) is 0 Å². The lowest BCUT2D eigenvalue weighted by Gasteiger charge is -2.31. The highest BCUT2D eigenvalue weighted by Gasteiger charge is 2.22. The van der Waals surface area contributed by atoms with Crippen LogP contribution in [0.3, 0.4) is 0 Å². The summed E-state index contributed by atoms with van der Waals surface area (Å²) in [5, 5.41) is 7.61. The van der Waals surface area contributed by atoms with Gasteiger partial charge in [-0.15, -0.1) is 0 Å². The lowest BCUT2D eigenvalue weighted by molar-refractivity contribution is 0.0938. The van der Waals surface area contributed by atoms with Crippen LogP contribution < -0.4 is 20.3 Å². The van der Waals surface area contributed by atoms with Crippen molar-refractivity contribution in [1.29, 1.82) is 0 Å². The van der Waals surface area contributed by atoms with Crippen molar-refractivity contribution in [3.63, 3.8) is 0 Å². The van der Waals surface area contributed by atoms with Gasteiger partial charge >= 0.3 is 0 Å². The van der Waals surface area contributed by atoms with E-state index in [0.717, 1.165) is 67.0 Å². The highest BCUT2D eigenvalue weighted by molar-refractivity contribution is 6.03. The van der Waals surface area contributed by atoms with E-state index in [2.05, 4.69) is 20.5 Å². The standard InChI is InChI=1S/C27H33N5O3/c1-18(2)26(33)22-16-20(6-7-23(22)32-12-14-34-15-13-32)30-27-29-17-19-4-3-5-24(25(19)31-27)35-21-8-10-28-11-9-21/h3-7,16-18,21,28H,8-15H2,1-2H3,(H,29,30,31). The molecule has 35 heavy (non-hydrogen) atoms. The number of para-hydroxylation sites is 1. The van der Waals surface area contributed by atoms with Crippen molar-refractivity contribution < 1.29 is 14.3 Å². The predicted octanol–water partition coefficient (Wildman–Crippen LogP) is 4.18. The molecule has 2 fully saturated rings. The molecule has 0 amide bonds. The van der Waals surface area contributed by atoms with Crippen molar-refractivity contribution in [2.45, 2.75) is 32.8 Å². The number of morpholine rings is 1. The summed E-state index contributed by atoms with van der Waals surface area (Å²) in [6.45, 7) is 8.69. The van der Waals surface area contributed by atoms with Gasteiger partial charge in [-0.25, -0.2) is 9.97 Å². The van der Waals surface area contributed by atoms with Crippen LogP contribution in [0.15, 0.2) is 42.6 Å². The first-order valence-corrected chi connectivity index (χ1v) is 12.5. The normalized spacial score (nSPS) is 17.1. The average Bonchev–Trinajstić information content (AvgIpc) is 2.89. The first-order valence-electron chi connectivity index (χ1n) is 12.5. The molecule has 2 N–H and O–H groups in total. The molecule has 5 rings (SSSR count). The minimum atomic E-state index is -0.100. The first-order chi connectivity index (χ1) is 17.1. The molecule has 0 atom stereocenters. The molecule has 3 heterocycles. The average molecular weight is 476 g/mol. The van der Waals surface area contributed by atoms with Crippen LogP contribution in [0.5, 0.6) is 5.75 Å². The van der Waals surface area contributed by atoms with E-state index in [4.69, 9.17) is 14.5 Å². The maximum Gasteiger partial charge on any atom is 0.227 e. The van der Waals surface area contributed by atoms with Gasteiger partial charge in [0.05, 0.1) is 13.2 Å². The van der Waals surface area contributed by atoms with Crippen LogP contribution in [-0.2, 0) is 4.74 Å². The number of aromatic nitrogens is 2. The van der Waals surface area contributed by atoms with E-state index >= 15 is 0 Å². The third-order valence-electron chi connectivity index (χ3n) is 6.55. The van der Waals surface area contributed by atoms with Gasteiger partial charge in [0, 0.05) is 47.5 Å². The van der Waals surface area contributed by atoms with E-state index in [0.29, 0.717) is 24.7 Å². The molecule has 8 nitrogen and oxygen atoms in total. The number of carbonyl (C=O) groups excluding carboxylic acids is 1. The zero-order valence-electron chi connectivity index (χ0n) is 20.4. The molecule has 0 aliphatic carbocycles. The fraction of sp³-hybridized carbons (Fsp3) is 0.444. The Morgan fingerprint density at radius 2 is 1.97 bits per heavy atom. The Morgan fingerprint density at radius 1 is 1.17 bits per heavy atom. The van der Waals surface area contributed by atoms with Gasteiger partial charge in [-0.2, -0.15) is 0 Å². The van der Waals surface area contributed by atoms with Gasteiger partial charge in [0.15, 0.2) is 5.78 Å². The number of benzene rings is 2. The Hall–Kier alpha value is -3.23. The highest BCUT2D eigenvalue weighted by atomic mass is 16.5. The Balaban J connectivity index is 1.43. The third kappa shape index (κ3) is 5.39. The molecule has 2 aromatic carbocycles. The molecule has 3 aromatic rings. The molecule has 2 saturated heterocycles. The SMILES string of the molecule is CC(C)C(=O)c1cc(Nc2ncc3cccc(OC4CCNCC4)c3n2)ccc1N1CCOCC1. The van der Waals surface area contributed by atoms with Crippen molar-refractivity contribution in [2.75, 3.05) is 49.6 Å². The van der Waals surface area contributed by atoms with E-state index in [1.165, 1.54) is 0 Å². The smallest absolute Gasteiger partial charge is 0.227 e. The number of anilines is 3. The highest BCUT2D eigenvalue weighted by Crippen LogP contribution is 2.30. The molecule has 0 spiro atoms. The molecular weight excluding hydrogens is 442 g/mol. The summed E-state index contributed by atoms with van der Waals surface area (Å²) in [4.78, 5) is 24.6. The number of fused-ring (bicyclic) bond motifs is 1. The van der Waals surface area contributed by atoms with Crippen LogP contribution in [0.2, 0.25) is 0 Å². The van der Waals surface area contributed by atoms with Gasteiger partial charge in [0.1, 0.15) is 17.4 Å². The second kappa shape index (κ2) is 10.6. The molecule has 184 valence electrons. The van der Waals surface area contributed by atoms with Crippen LogP contribution in [0.4, 0.5) is 17.3 Å². The van der Waals surface area contributed by atoms with Gasteiger partial charge in [0.25, 0.3) is 0 Å². The lowest BCUT2D eigenvalue weighted by Crippen LogP contribution is -2.37. The third-order valence-corrected chi connectivity index (χ3v) is 6.55. The van der Waals surface area contributed by atoms with Gasteiger partial charge in [-0.1, -0.05) is 26.0 Å². The number of nitrogens with zero attached hydrogens (tertiary/aromatic N) is 3. The van der Waals surface area contributed by atoms with Gasteiger partial charge in [-0.3, -0.25) is 4.79 Å². The molecular formula is C27H33N5O3. The maximum atomic E-state index is 13.1. The second-order valence-corrected chi connectivity index (χ2v) is 9.43. The van der Waals surface area contributed by atoms with E-state index < -0.39 is 0 Å². The molecule has 2 aliphatic heterocycles. The van der Waals surface area contributed by atoms with Crippen molar-refractivity contribution >= 4 is 34.0 Å². The Morgan fingerprint density at radius 3 is 2.74 bits per heavy atom. The lowest BCUT2D eigenvalue weighted by atomic mass is 9.98. The van der Waals surface area contributed by atoms with Crippen LogP contribution >= 0.6 is 0 Å². The Bertz CT molecular complexity index is 1190. The number of piperidine rings is 1. The summed E-state index contributed by atoms with van der Waals surface area (Å²) in [5.41, 5.74) is 3.23. The quantitative estimate of drug-likeness (QED) is 0.492. The molecule has 1 aromatic heterocycles. The predicted molar refractivity (Wildman–Crippen MR) is 138 cm³/mol. The summed E-state index contributed by atoms with van der Waals surface area (Å²) in [6, 6.07) is 11.8. The molecule has 0 unspecified atom stereocenters. The molecule has 0 bridgehead atoms. The van der Waals surface area contributed by atoms with Gasteiger partial charge < -0.3 is 25.0 Å². The Labute approximate surface area is 206 Å². The van der Waals surface area contributed by atoms with Crippen LogP contribution in [0.1, 0.15) is 37.0 Å². The van der Waals surface area contributed by atoms with Crippen molar-refractivity contribution in [2.24, 2.45) is 5.92 Å². The molecule has 0 saturated carbocycles. The molecule has 8 heteroatoms. The topological polar surface area (TPSA) is 88.6 Å². The zero-order valence-corrected chi connectivity index (χ0v) is 20.4. The first kappa shape index (κ1) is 23.5. The van der Waals surface area contributed by atoms with E-state index in [9.17, 15) is 4.79 Å². The van der Waals surface area contributed by atoms with Gasteiger partial charge in [0.2, 0.25) is 5.95 Å². The maximum absolute atomic E-state index is 13.1. The van der Waals surface area contributed by atoms with Crippen molar-refractivity contribution in [1.82, 2.24) is 15.3 Å². The number of nitrogens with one attached hydrogen (secondary N) is 2.